The van der Waals surface area contributed by atoms with Crippen LogP contribution in [0, 0.1) is 0 Å². The third-order valence-corrected chi connectivity index (χ3v) is 6.26. The Morgan fingerprint density at radius 3 is 2.18 bits per heavy atom. The summed E-state index contributed by atoms with van der Waals surface area (Å²) >= 11 is 0. The number of methoxy groups -OCH3 is 1. The van der Waals surface area contributed by atoms with Gasteiger partial charge in [0.05, 0.1) is 30.8 Å². The van der Waals surface area contributed by atoms with Crippen molar-refractivity contribution in [1.82, 2.24) is 5.32 Å². The Kier molecular flexibility index (Phi) is 8.81. The zero-order valence-corrected chi connectivity index (χ0v) is 21.0. The molecule has 0 aromatic heterocycles. The number of carboxylic acid groups (broad SMARTS) is 1. The zero-order valence-electron chi connectivity index (χ0n) is 21.0. The minimum Gasteiger partial charge on any atom is -0.488 e. The standard InChI is InChI=1S/C29H30N2O7/c1-36-29(35)31-25-8-4-5-9-26(25)38-22-16-14-21(15-17-22)37-20-12-10-19(11-13-20)18-27(32)30-24-7-3-2-6-23(24)28(33)34/h2-3,6-7,10-17,25-26H,4-5,8-9,18H2,1H3,(H,30,32)(H,31,35)(H,33,34). The lowest BCUT2D eigenvalue weighted by molar-refractivity contribution is -0.115. The molecule has 9 nitrogen and oxygen atoms in total. The van der Waals surface area contributed by atoms with Crippen LogP contribution in [0.1, 0.15) is 41.6 Å². The van der Waals surface area contributed by atoms with E-state index in [1.807, 2.05) is 24.3 Å². The van der Waals surface area contributed by atoms with Crippen LogP contribution in [0.25, 0.3) is 0 Å². The van der Waals surface area contributed by atoms with Crippen molar-refractivity contribution in [2.24, 2.45) is 0 Å². The molecule has 1 aliphatic carbocycles. The highest BCUT2D eigenvalue weighted by atomic mass is 16.5. The smallest absolute Gasteiger partial charge is 0.407 e. The van der Waals surface area contributed by atoms with Gasteiger partial charge in [0.2, 0.25) is 5.91 Å². The van der Waals surface area contributed by atoms with Crippen molar-refractivity contribution >= 4 is 23.7 Å². The van der Waals surface area contributed by atoms with Gasteiger partial charge < -0.3 is 30.0 Å². The molecule has 198 valence electrons. The van der Waals surface area contributed by atoms with E-state index in [2.05, 4.69) is 10.6 Å². The summed E-state index contributed by atoms with van der Waals surface area (Å²) in [5.74, 6) is 0.502. The van der Waals surface area contributed by atoms with E-state index in [-0.39, 0.29) is 35.7 Å². The summed E-state index contributed by atoms with van der Waals surface area (Å²) in [4.78, 5) is 35.4. The summed E-state index contributed by atoms with van der Waals surface area (Å²) in [6.45, 7) is 0. The van der Waals surface area contributed by atoms with Crippen LogP contribution in [-0.2, 0) is 16.0 Å². The molecule has 1 fully saturated rings. The fourth-order valence-corrected chi connectivity index (χ4v) is 4.34. The van der Waals surface area contributed by atoms with Crippen LogP contribution in [0.2, 0.25) is 0 Å². The van der Waals surface area contributed by atoms with E-state index in [9.17, 15) is 19.5 Å². The molecule has 38 heavy (non-hydrogen) atoms. The van der Waals surface area contributed by atoms with Crippen LogP contribution in [0.3, 0.4) is 0 Å². The second-order valence-corrected chi connectivity index (χ2v) is 8.98. The van der Waals surface area contributed by atoms with Gasteiger partial charge in [-0.05, 0) is 73.4 Å². The number of hydrogen-bond donors (Lipinski definition) is 3. The molecule has 9 heteroatoms. The van der Waals surface area contributed by atoms with Gasteiger partial charge in [-0.15, -0.1) is 0 Å². The van der Waals surface area contributed by atoms with Gasteiger partial charge in [-0.25, -0.2) is 9.59 Å². The zero-order chi connectivity index (χ0) is 26.9. The number of carbonyl (C=O) groups is 3. The summed E-state index contributed by atoms with van der Waals surface area (Å²) in [6.07, 6.45) is 3.27. The predicted octanol–water partition coefficient (Wildman–Crippen LogP) is 5.40. The topological polar surface area (TPSA) is 123 Å². The molecule has 3 N–H and O–H groups in total. The van der Waals surface area contributed by atoms with Crippen LogP contribution in [0.15, 0.2) is 72.8 Å². The lowest BCUT2D eigenvalue weighted by Gasteiger charge is -2.32. The molecule has 1 aliphatic rings. The van der Waals surface area contributed by atoms with Crippen LogP contribution in [0.4, 0.5) is 10.5 Å². The van der Waals surface area contributed by atoms with Crippen molar-refractivity contribution < 1.29 is 33.7 Å². The molecule has 2 atom stereocenters. The quantitative estimate of drug-likeness (QED) is 0.346. The third-order valence-electron chi connectivity index (χ3n) is 6.26. The number of nitrogens with one attached hydrogen (secondary N) is 2. The molecular formula is C29H30N2O7. The number of benzene rings is 3. The Morgan fingerprint density at radius 2 is 1.50 bits per heavy atom. The van der Waals surface area contributed by atoms with Gasteiger partial charge in [0, 0.05) is 0 Å². The van der Waals surface area contributed by atoms with E-state index in [0.717, 1.165) is 31.2 Å². The SMILES string of the molecule is COC(=O)NC1CCCCC1Oc1ccc(Oc2ccc(CC(=O)Nc3ccccc3C(=O)O)cc2)cc1. The predicted molar refractivity (Wildman–Crippen MR) is 141 cm³/mol. The Morgan fingerprint density at radius 1 is 0.868 bits per heavy atom. The number of hydrogen-bond acceptors (Lipinski definition) is 6. The number of anilines is 1. The van der Waals surface area contributed by atoms with E-state index in [0.29, 0.717) is 17.2 Å². The monoisotopic (exact) mass is 518 g/mol. The number of aromatic carboxylic acids is 1. The molecule has 0 radical (unpaired) electrons. The van der Waals surface area contributed by atoms with Crippen molar-refractivity contribution in [3.63, 3.8) is 0 Å². The Labute approximate surface area is 220 Å². The van der Waals surface area contributed by atoms with Gasteiger partial charge in [-0.2, -0.15) is 0 Å². The van der Waals surface area contributed by atoms with Crippen molar-refractivity contribution in [2.75, 3.05) is 12.4 Å². The number of amides is 2. The van der Waals surface area contributed by atoms with Crippen molar-refractivity contribution in [2.45, 2.75) is 44.2 Å². The Bertz CT molecular complexity index is 1260. The molecule has 2 amide bonds. The molecular weight excluding hydrogens is 488 g/mol. The van der Waals surface area contributed by atoms with E-state index in [1.54, 1.807) is 42.5 Å². The lowest BCUT2D eigenvalue weighted by Crippen LogP contribution is -2.47. The number of carboxylic acids is 1. The van der Waals surface area contributed by atoms with Crippen molar-refractivity contribution in [1.29, 1.82) is 0 Å². The van der Waals surface area contributed by atoms with Gasteiger partial charge >= 0.3 is 12.1 Å². The maximum absolute atomic E-state index is 12.4. The second kappa shape index (κ2) is 12.6. The fourth-order valence-electron chi connectivity index (χ4n) is 4.34. The fraction of sp³-hybridized carbons (Fsp3) is 0.276. The van der Waals surface area contributed by atoms with Crippen LogP contribution in [-0.4, -0.2) is 42.3 Å². The van der Waals surface area contributed by atoms with Crippen LogP contribution >= 0.6 is 0 Å². The number of carbonyl (C=O) groups excluding carboxylic acids is 2. The molecule has 3 aromatic carbocycles. The maximum atomic E-state index is 12.4. The van der Waals surface area contributed by atoms with Gasteiger partial charge in [0.15, 0.2) is 0 Å². The minimum absolute atomic E-state index is 0.0393. The number of alkyl carbamates (subject to hydrolysis) is 1. The molecule has 4 rings (SSSR count). The molecule has 1 saturated carbocycles. The van der Waals surface area contributed by atoms with Crippen molar-refractivity contribution in [3.05, 3.63) is 83.9 Å². The number of para-hydroxylation sites is 1. The minimum atomic E-state index is -1.10. The average Bonchev–Trinajstić information content (AvgIpc) is 2.92. The highest BCUT2D eigenvalue weighted by Crippen LogP contribution is 2.28. The maximum Gasteiger partial charge on any atom is 0.407 e. The Balaban J connectivity index is 1.30. The van der Waals surface area contributed by atoms with E-state index >= 15 is 0 Å². The highest BCUT2D eigenvalue weighted by molar-refractivity contribution is 6.01. The molecule has 0 aliphatic heterocycles. The van der Waals surface area contributed by atoms with Crippen molar-refractivity contribution in [3.8, 4) is 17.2 Å². The van der Waals surface area contributed by atoms with E-state index in [4.69, 9.17) is 14.2 Å². The molecule has 0 saturated heterocycles. The summed E-state index contributed by atoms with van der Waals surface area (Å²) in [7, 11) is 1.35. The molecule has 0 bridgehead atoms. The van der Waals surface area contributed by atoms with E-state index in [1.165, 1.54) is 13.2 Å². The van der Waals surface area contributed by atoms with Gasteiger partial charge in [-0.1, -0.05) is 30.7 Å². The molecule has 0 heterocycles. The normalized spacial score (nSPS) is 16.7. The van der Waals surface area contributed by atoms with Gasteiger partial charge in [-0.3, -0.25) is 4.79 Å². The first-order chi connectivity index (χ1) is 18.4. The van der Waals surface area contributed by atoms with Crippen LogP contribution < -0.4 is 20.1 Å². The van der Waals surface area contributed by atoms with Crippen LogP contribution in [0.5, 0.6) is 17.2 Å². The lowest BCUT2D eigenvalue weighted by atomic mass is 9.92. The first-order valence-corrected chi connectivity index (χ1v) is 12.4. The first kappa shape index (κ1) is 26.5. The van der Waals surface area contributed by atoms with Gasteiger partial charge in [0.25, 0.3) is 0 Å². The van der Waals surface area contributed by atoms with E-state index < -0.39 is 12.1 Å². The third kappa shape index (κ3) is 7.25. The summed E-state index contributed by atoms with van der Waals surface area (Å²) in [5.41, 5.74) is 1.06. The molecule has 2 unspecified atom stereocenters. The Hall–Kier alpha value is -4.53. The highest BCUT2D eigenvalue weighted by Gasteiger charge is 2.28. The largest absolute Gasteiger partial charge is 0.488 e. The second-order valence-electron chi connectivity index (χ2n) is 8.98. The number of rotatable bonds is 9. The number of ether oxygens (including phenoxy) is 3. The van der Waals surface area contributed by atoms with Gasteiger partial charge in [0.1, 0.15) is 23.4 Å². The molecule has 3 aromatic rings. The summed E-state index contributed by atoms with van der Waals surface area (Å²) in [5, 5.41) is 14.8. The molecule has 0 spiro atoms. The average molecular weight is 519 g/mol. The summed E-state index contributed by atoms with van der Waals surface area (Å²) in [6, 6.07) is 20.5. The summed E-state index contributed by atoms with van der Waals surface area (Å²) < 4.78 is 16.8. The first-order valence-electron chi connectivity index (χ1n) is 12.4.